The van der Waals surface area contributed by atoms with Gasteiger partial charge in [0.25, 0.3) is 0 Å². The molecule has 270 valence electrons. The zero-order valence-electron chi connectivity index (χ0n) is 32.3. The first-order valence-corrected chi connectivity index (χ1v) is 20.2. The van der Waals surface area contributed by atoms with Crippen LogP contribution in [0.25, 0.3) is 0 Å². The van der Waals surface area contributed by atoms with Gasteiger partial charge in [-0.25, -0.2) is 16.8 Å². The van der Waals surface area contributed by atoms with Crippen molar-refractivity contribution in [3.05, 3.63) is 0 Å². The summed E-state index contributed by atoms with van der Waals surface area (Å²) in [6.07, 6.45) is 7.78. The molecule has 0 saturated carbocycles. The molecule has 0 N–H and O–H groups in total. The van der Waals surface area contributed by atoms with E-state index in [0.29, 0.717) is 11.8 Å². The molecule has 0 aliphatic heterocycles. The van der Waals surface area contributed by atoms with Crippen LogP contribution in [0.5, 0.6) is 0 Å². The molecule has 0 fully saturated rings. The molecule has 0 aromatic rings. The molecule has 0 spiro atoms. The van der Waals surface area contributed by atoms with E-state index in [2.05, 4.69) is 111 Å². The molecule has 0 aliphatic rings. The molecule has 0 bridgehead atoms. The molecule has 2 radical (unpaired) electrons. The molecule has 0 aromatic carbocycles. The van der Waals surface area contributed by atoms with Crippen molar-refractivity contribution in [2.75, 3.05) is 11.5 Å². The first kappa shape index (κ1) is 50.1. The minimum atomic E-state index is -4.16. The van der Waals surface area contributed by atoms with Crippen molar-refractivity contribution in [1.29, 1.82) is 0 Å². The molecule has 0 amide bonds. The summed E-state index contributed by atoms with van der Waals surface area (Å²) >= 11 is 0. The van der Waals surface area contributed by atoms with Gasteiger partial charge in [-0.2, -0.15) is 0 Å². The summed E-state index contributed by atoms with van der Waals surface area (Å²) in [6, 6.07) is 0. The van der Waals surface area contributed by atoms with Crippen LogP contribution in [0.1, 0.15) is 162 Å². The van der Waals surface area contributed by atoms with Gasteiger partial charge in [0.05, 0.1) is 20.2 Å². The van der Waals surface area contributed by atoms with Crippen LogP contribution in [0, 0.1) is 57.2 Å². The molecule has 6 nitrogen and oxygen atoms in total. The average molecular weight is 874 g/mol. The van der Waals surface area contributed by atoms with E-state index in [-0.39, 0.29) is 84.1 Å². The van der Waals surface area contributed by atoms with Crippen LogP contribution in [0.2, 0.25) is 0 Å². The fraction of sp³-hybridized carbons (Fsp3) is 1.00. The minimum absolute atomic E-state index is 0. The standard InChI is InChI=1S/2C18H38O3S.Pb/c2*1-14(11-17(3,4)5)9-10-16(13-22(19,20)21)15(2)12-18(6,7)8;/h2*14-16H,9-13H2,1-8H3,(H,19,20,21);/q;;+2/p-2. The summed E-state index contributed by atoms with van der Waals surface area (Å²) in [4.78, 5) is 0. The van der Waals surface area contributed by atoms with E-state index in [1.807, 2.05) is 0 Å². The second kappa shape index (κ2) is 20.4. The van der Waals surface area contributed by atoms with E-state index in [4.69, 9.17) is 0 Å². The summed E-state index contributed by atoms with van der Waals surface area (Å²) in [5, 5.41) is 0. The topological polar surface area (TPSA) is 114 Å². The molecule has 0 heterocycles. The van der Waals surface area contributed by atoms with Crippen molar-refractivity contribution >= 4 is 47.5 Å². The molecule has 6 unspecified atom stereocenters. The van der Waals surface area contributed by atoms with Gasteiger partial charge in [-0.15, -0.1) is 0 Å². The van der Waals surface area contributed by atoms with E-state index >= 15 is 0 Å². The van der Waals surface area contributed by atoms with Crippen LogP contribution in [0.4, 0.5) is 0 Å². The maximum Gasteiger partial charge on any atom is 2.00 e. The van der Waals surface area contributed by atoms with Crippen molar-refractivity contribution in [2.24, 2.45) is 57.2 Å². The summed E-state index contributed by atoms with van der Waals surface area (Å²) < 4.78 is 67.4. The third-order valence-corrected chi connectivity index (χ3v) is 9.97. The molecule has 0 aliphatic carbocycles. The van der Waals surface area contributed by atoms with Crippen LogP contribution in [-0.4, -0.2) is 64.7 Å². The smallest absolute Gasteiger partial charge is 0.748 e. The van der Waals surface area contributed by atoms with E-state index in [9.17, 15) is 25.9 Å². The Morgan fingerprint density at radius 3 is 0.844 bits per heavy atom. The molecule has 0 rings (SSSR count). The normalized spacial score (nSPS) is 17.6. The molecular formula is C36H74O6PbS2. The summed E-state index contributed by atoms with van der Waals surface area (Å²) in [7, 11) is -8.31. The van der Waals surface area contributed by atoms with Gasteiger partial charge in [-0.05, 0) is 95.7 Å². The fourth-order valence-corrected chi connectivity index (χ4v) is 9.19. The van der Waals surface area contributed by atoms with Crippen LogP contribution in [0.3, 0.4) is 0 Å². The Labute approximate surface area is 302 Å². The van der Waals surface area contributed by atoms with Crippen LogP contribution < -0.4 is 0 Å². The number of hydrogen-bond donors (Lipinski definition) is 0. The molecule has 9 heteroatoms. The predicted octanol–water partition coefficient (Wildman–Crippen LogP) is 9.76. The second-order valence-corrected chi connectivity index (χ2v) is 22.2. The van der Waals surface area contributed by atoms with Crippen molar-refractivity contribution < 1.29 is 25.9 Å². The average Bonchev–Trinajstić information content (AvgIpc) is 2.67. The maximum absolute atomic E-state index is 11.2. The zero-order chi connectivity index (χ0) is 35.5. The number of hydrogen-bond acceptors (Lipinski definition) is 6. The maximum atomic E-state index is 11.2. The first-order valence-electron chi connectivity index (χ1n) is 17.1. The van der Waals surface area contributed by atoms with E-state index < -0.39 is 20.2 Å². The van der Waals surface area contributed by atoms with Gasteiger partial charge in [0.2, 0.25) is 0 Å². The van der Waals surface area contributed by atoms with Crippen LogP contribution in [-0.2, 0) is 20.2 Å². The molecule has 0 saturated heterocycles. The Balaban J connectivity index is -0.000000767. The Hall–Kier alpha value is 0.742. The third kappa shape index (κ3) is 34.4. The monoisotopic (exact) mass is 874 g/mol. The predicted molar refractivity (Wildman–Crippen MR) is 193 cm³/mol. The molecule has 45 heavy (non-hydrogen) atoms. The van der Waals surface area contributed by atoms with E-state index in [1.165, 1.54) is 0 Å². The third-order valence-electron chi connectivity index (χ3n) is 8.30. The van der Waals surface area contributed by atoms with Crippen molar-refractivity contribution in [3.8, 4) is 0 Å². The van der Waals surface area contributed by atoms with Gasteiger partial charge in [-0.3, -0.25) is 0 Å². The van der Waals surface area contributed by atoms with Crippen molar-refractivity contribution in [1.82, 2.24) is 0 Å². The minimum Gasteiger partial charge on any atom is -0.748 e. The Kier molecular flexibility index (Phi) is 22.7. The fourth-order valence-electron chi connectivity index (χ4n) is 7.15. The summed E-state index contributed by atoms with van der Waals surface area (Å²) in [6.45, 7) is 35.0. The largest absolute Gasteiger partial charge is 2.00 e. The van der Waals surface area contributed by atoms with Crippen LogP contribution in [0.15, 0.2) is 0 Å². The summed E-state index contributed by atoms with van der Waals surface area (Å²) in [5.41, 5.74) is 0.885. The quantitative estimate of drug-likeness (QED) is 0.113. The first-order chi connectivity index (χ1) is 19.2. The van der Waals surface area contributed by atoms with Crippen molar-refractivity contribution in [2.45, 2.75) is 162 Å². The molecule has 6 atom stereocenters. The van der Waals surface area contributed by atoms with Gasteiger partial charge >= 0.3 is 27.3 Å². The molecule has 0 aromatic heterocycles. The van der Waals surface area contributed by atoms with Gasteiger partial charge in [-0.1, -0.05) is 124 Å². The Bertz CT molecular complexity index is 914. The van der Waals surface area contributed by atoms with Crippen molar-refractivity contribution in [3.63, 3.8) is 0 Å². The SMILES string of the molecule is CC(CCC(CS(=O)(=O)[O-])C(C)CC(C)(C)C)CC(C)(C)C.CC(CCC(CS(=O)(=O)[O-])C(C)CC(C)(C)C)CC(C)(C)C.[Pb+2]. The molecular weight excluding hydrogens is 800 g/mol. The Morgan fingerprint density at radius 1 is 0.444 bits per heavy atom. The zero-order valence-corrected chi connectivity index (χ0v) is 37.8. The number of rotatable bonds is 16. The Morgan fingerprint density at radius 2 is 0.667 bits per heavy atom. The van der Waals surface area contributed by atoms with Gasteiger partial charge < -0.3 is 9.11 Å². The second-order valence-electron chi connectivity index (χ2n) is 19.3. The van der Waals surface area contributed by atoms with E-state index in [0.717, 1.165) is 51.4 Å². The van der Waals surface area contributed by atoms with Crippen LogP contribution >= 0.6 is 0 Å². The van der Waals surface area contributed by atoms with E-state index in [1.54, 1.807) is 0 Å². The summed E-state index contributed by atoms with van der Waals surface area (Å²) in [5.74, 6) is 1.14. The van der Waals surface area contributed by atoms with Gasteiger partial charge in [0.1, 0.15) is 0 Å². The van der Waals surface area contributed by atoms with Gasteiger partial charge in [0, 0.05) is 11.5 Å². The van der Waals surface area contributed by atoms with Gasteiger partial charge in [0.15, 0.2) is 0 Å².